The van der Waals surface area contributed by atoms with Crippen LogP contribution in [0.4, 0.5) is 0 Å². The van der Waals surface area contributed by atoms with Crippen molar-refractivity contribution >= 4 is 43.7 Å². The van der Waals surface area contributed by atoms with Crippen molar-refractivity contribution in [1.29, 1.82) is 0 Å². The van der Waals surface area contributed by atoms with Crippen LogP contribution in [0, 0.1) is 0 Å². The number of nitrogens with one attached hydrogen (secondary N) is 1. The third-order valence-electron chi connectivity index (χ3n) is 2.74. The van der Waals surface area contributed by atoms with Crippen molar-refractivity contribution in [3.05, 3.63) is 32.7 Å². The van der Waals surface area contributed by atoms with Gasteiger partial charge in [0.25, 0.3) is 5.91 Å². The number of carbonyl (C=O) groups is 2. The predicted octanol–water partition coefficient (Wildman–Crippen LogP) is 3.19. The monoisotopic (exact) mass is 377 g/mol. The van der Waals surface area contributed by atoms with Crippen LogP contribution in [0.1, 0.15) is 30.6 Å². The lowest BCUT2D eigenvalue weighted by Crippen LogP contribution is -2.51. The van der Waals surface area contributed by atoms with Gasteiger partial charge in [0, 0.05) is 8.95 Å². The van der Waals surface area contributed by atoms with E-state index in [-0.39, 0.29) is 0 Å². The van der Waals surface area contributed by atoms with Gasteiger partial charge in [0.05, 0.1) is 5.56 Å². The fraction of sp³-hybridized carbons (Fsp3) is 0.333. The van der Waals surface area contributed by atoms with Crippen molar-refractivity contribution in [1.82, 2.24) is 5.32 Å². The van der Waals surface area contributed by atoms with Crippen LogP contribution in [0.25, 0.3) is 0 Å². The molecule has 1 unspecified atom stereocenters. The number of benzene rings is 1. The number of halogens is 2. The first-order valence-electron chi connectivity index (χ1n) is 5.31. The summed E-state index contributed by atoms with van der Waals surface area (Å²) in [7, 11) is 0. The molecule has 1 amide bonds. The molecule has 0 saturated heterocycles. The molecular weight excluding hydrogens is 366 g/mol. The molecule has 0 saturated carbocycles. The Bertz CT molecular complexity index is 490. The maximum atomic E-state index is 12.1. The van der Waals surface area contributed by atoms with Gasteiger partial charge in [-0.3, -0.25) is 4.79 Å². The largest absolute Gasteiger partial charge is 0.480 e. The Morgan fingerprint density at radius 3 is 2.50 bits per heavy atom. The molecule has 4 nitrogen and oxygen atoms in total. The fourth-order valence-electron chi connectivity index (χ4n) is 1.28. The second kappa shape index (κ2) is 5.84. The maximum Gasteiger partial charge on any atom is 0.329 e. The Morgan fingerprint density at radius 2 is 2.00 bits per heavy atom. The lowest BCUT2D eigenvalue weighted by molar-refractivity contribution is -0.143. The molecule has 1 atom stereocenters. The number of carboxylic acids is 1. The van der Waals surface area contributed by atoms with Gasteiger partial charge in [0.2, 0.25) is 0 Å². The Hall–Kier alpha value is -0.880. The van der Waals surface area contributed by atoms with E-state index in [1.54, 1.807) is 25.1 Å². The predicted molar refractivity (Wildman–Crippen MR) is 75.6 cm³/mol. The standard InChI is InChI=1S/C12H13Br2NO3/c1-3-12(2,11(17)18)15-10(16)8-6-7(13)4-5-9(8)14/h4-6H,3H2,1-2H3,(H,15,16)(H,17,18). The molecule has 0 aliphatic carbocycles. The van der Waals surface area contributed by atoms with E-state index in [0.717, 1.165) is 4.47 Å². The summed E-state index contributed by atoms with van der Waals surface area (Å²) in [6.45, 7) is 3.20. The van der Waals surface area contributed by atoms with Crippen LogP contribution >= 0.6 is 31.9 Å². The summed E-state index contributed by atoms with van der Waals surface area (Å²) in [5.74, 6) is -1.47. The molecular formula is C12H13Br2NO3. The molecule has 0 fully saturated rings. The molecule has 0 bridgehead atoms. The SMILES string of the molecule is CCC(C)(NC(=O)c1cc(Br)ccc1Br)C(=O)O. The zero-order valence-electron chi connectivity index (χ0n) is 9.96. The summed E-state index contributed by atoms with van der Waals surface area (Å²) in [6.07, 6.45) is 0.305. The molecule has 0 aliphatic rings. The number of hydrogen-bond donors (Lipinski definition) is 2. The summed E-state index contributed by atoms with van der Waals surface area (Å²) < 4.78 is 1.37. The molecule has 0 aliphatic heterocycles. The molecule has 1 rings (SSSR count). The molecule has 1 aromatic carbocycles. The van der Waals surface area contributed by atoms with E-state index >= 15 is 0 Å². The normalized spacial score (nSPS) is 13.8. The first kappa shape index (κ1) is 15.2. The van der Waals surface area contributed by atoms with Crippen molar-refractivity contribution in [3.63, 3.8) is 0 Å². The Labute approximate surface area is 122 Å². The molecule has 1 aromatic rings. The van der Waals surface area contributed by atoms with Gasteiger partial charge >= 0.3 is 5.97 Å². The quantitative estimate of drug-likeness (QED) is 0.845. The molecule has 98 valence electrons. The lowest BCUT2D eigenvalue weighted by atomic mass is 9.98. The van der Waals surface area contributed by atoms with Crippen molar-refractivity contribution in [2.75, 3.05) is 0 Å². The first-order chi connectivity index (χ1) is 8.30. The minimum atomic E-state index is -1.27. The minimum Gasteiger partial charge on any atom is -0.480 e. The minimum absolute atomic E-state index is 0.305. The van der Waals surface area contributed by atoms with Gasteiger partial charge in [-0.05, 0) is 47.5 Å². The fourth-order valence-corrected chi connectivity index (χ4v) is 2.07. The van der Waals surface area contributed by atoms with Crippen molar-refractivity contribution in [3.8, 4) is 0 Å². The van der Waals surface area contributed by atoms with Crippen molar-refractivity contribution in [2.45, 2.75) is 25.8 Å². The van der Waals surface area contributed by atoms with E-state index < -0.39 is 17.4 Å². The second-order valence-electron chi connectivity index (χ2n) is 4.07. The van der Waals surface area contributed by atoms with E-state index in [0.29, 0.717) is 16.5 Å². The maximum absolute atomic E-state index is 12.1. The van der Waals surface area contributed by atoms with E-state index in [1.807, 2.05) is 0 Å². The molecule has 18 heavy (non-hydrogen) atoms. The Morgan fingerprint density at radius 1 is 1.39 bits per heavy atom. The number of aliphatic carboxylic acids is 1. The summed E-state index contributed by atoms with van der Waals surface area (Å²) >= 11 is 6.54. The number of carboxylic acid groups (broad SMARTS) is 1. The second-order valence-corrected chi connectivity index (χ2v) is 5.84. The van der Waals surface area contributed by atoms with Crippen LogP contribution in [0.15, 0.2) is 27.1 Å². The van der Waals surface area contributed by atoms with Crippen LogP contribution in [-0.2, 0) is 4.79 Å². The molecule has 0 aromatic heterocycles. The highest BCUT2D eigenvalue weighted by Crippen LogP contribution is 2.22. The highest BCUT2D eigenvalue weighted by molar-refractivity contribution is 9.11. The third-order valence-corrected chi connectivity index (χ3v) is 3.93. The van der Waals surface area contributed by atoms with Crippen LogP contribution in [0.2, 0.25) is 0 Å². The van der Waals surface area contributed by atoms with Crippen LogP contribution in [-0.4, -0.2) is 22.5 Å². The summed E-state index contributed by atoms with van der Waals surface area (Å²) in [5, 5.41) is 11.7. The van der Waals surface area contributed by atoms with Gasteiger partial charge in [-0.1, -0.05) is 22.9 Å². The van der Waals surface area contributed by atoms with Crippen LogP contribution in [0.5, 0.6) is 0 Å². The molecule has 2 N–H and O–H groups in total. The van der Waals surface area contributed by atoms with Gasteiger partial charge in [-0.2, -0.15) is 0 Å². The molecule has 0 heterocycles. The average Bonchev–Trinajstić information content (AvgIpc) is 2.31. The van der Waals surface area contributed by atoms with E-state index in [4.69, 9.17) is 5.11 Å². The van der Waals surface area contributed by atoms with Crippen molar-refractivity contribution < 1.29 is 14.7 Å². The topological polar surface area (TPSA) is 66.4 Å². The zero-order chi connectivity index (χ0) is 13.9. The number of rotatable bonds is 4. The van der Waals surface area contributed by atoms with Crippen LogP contribution in [0.3, 0.4) is 0 Å². The van der Waals surface area contributed by atoms with Gasteiger partial charge < -0.3 is 10.4 Å². The number of amides is 1. The van der Waals surface area contributed by atoms with E-state index in [2.05, 4.69) is 37.2 Å². The lowest BCUT2D eigenvalue weighted by Gasteiger charge is -2.24. The van der Waals surface area contributed by atoms with Gasteiger partial charge in [0.15, 0.2) is 0 Å². The van der Waals surface area contributed by atoms with E-state index in [1.165, 1.54) is 6.92 Å². The Kier molecular flexibility index (Phi) is 4.92. The highest BCUT2D eigenvalue weighted by atomic mass is 79.9. The summed E-state index contributed by atoms with van der Waals surface area (Å²) in [5.41, 5.74) is -0.871. The number of carbonyl (C=O) groups excluding carboxylic acids is 1. The van der Waals surface area contributed by atoms with Gasteiger partial charge in [-0.25, -0.2) is 4.79 Å². The molecule has 0 spiro atoms. The Balaban J connectivity index is 3.02. The average molecular weight is 379 g/mol. The molecule has 6 heteroatoms. The third kappa shape index (κ3) is 3.32. The number of hydrogen-bond acceptors (Lipinski definition) is 2. The van der Waals surface area contributed by atoms with Gasteiger partial charge in [0.1, 0.15) is 5.54 Å². The van der Waals surface area contributed by atoms with E-state index in [9.17, 15) is 9.59 Å². The zero-order valence-corrected chi connectivity index (χ0v) is 13.1. The smallest absolute Gasteiger partial charge is 0.329 e. The first-order valence-corrected chi connectivity index (χ1v) is 6.89. The van der Waals surface area contributed by atoms with Gasteiger partial charge in [-0.15, -0.1) is 0 Å². The van der Waals surface area contributed by atoms with Crippen LogP contribution < -0.4 is 5.32 Å². The summed E-state index contributed by atoms with van der Waals surface area (Å²) in [6, 6.07) is 5.15. The highest BCUT2D eigenvalue weighted by Gasteiger charge is 2.33. The van der Waals surface area contributed by atoms with Crippen molar-refractivity contribution in [2.24, 2.45) is 0 Å². The summed E-state index contributed by atoms with van der Waals surface area (Å²) in [4.78, 5) is 23.2. The molecule has 0 radical (unpaired) electrons.